The molecule has 2 fully saturated rings. The van der Waals surface area contributed by atoms with Crippen molar-refractivity contribution >= 4 is 15.9 Å². The van der Waals surface area contributed by atoms with E-state index < -0.39 is 0 Å². The second kappa shape index (κ2) is 6.10. The topological polar surface area (TPSA) is 54.2 Å². The van der Waals surface area contributed by atoms with Gasteiger partial charge in [-0.2, -0.15) is 4.98 Å². The van der Waals surface area contributed by atoms with Crippen molar-refractivity contribution in [3.63, 3.8) is 0 Å². The second-order valence-corrected chi connectivity index (χ2v) is 7.14. The predicted octanol–water partition coefficient (Wildman–Crippen LogP) is 2.54. The fourth-order valence-corrected chi connectivity index (χ4v) is 3.91. The van der Waals surface area contributed by atoms with Crippen molar-refractivity contribution in [2.24, 2.45) is 11.8 Å². The molecule has 1 N–H and O–H groups in total. The summed E-state index contributed by atoms with van der Waals surface area (Å²) in [4.78, 5) is 6.98. The fraction of sp³-hybridized carbons (Fsp3) is 0.500. The lowest BCUT2D eigenvalue weighted by molar-refractivity contribution is 0.128. The number of hydrogen-bond donors (Lipinski definition) is 1. The molecule has 0 aliphatic carbocycles. The third kappa shape index (κ3) is 2.95. The maximum absolute atomic E-state index is 5.44. The van der Waals surface area contributed by atoms with Gasteiger partial charge in [0, 0.05) is 16.6 Å². The van der Waals surface area contributed by atoms with Crippen molar-refractivity contribution in [2.45, 2.75) is 13.0 Å². The number of aromatic nitrogens is 2. The Labute approximate surface area is 138 Å². The number of likely N-dealkylation sites (tertiary alicyclic amines) is 1. The zero-order chi connectivity index (χ0) is 14.9. The molecule has 2 unspecified atom stereocenters. The van der Waals surface area contributed by atoms with Crippen LogP contribution < -0.4 is 5.32 Å². The Morgan fingerprint density at radius 2 is 2.23 bits per heavy atom. The molecule has 0 spiro atoms. The Hall–Kier alpha value is -1.24. The summed E-state index contributed by atoms with van der Waals surface area (Å²) in [5.41, 5.74) is 0.975. The monoisotopic (exact) mass is 362 g/mol. The van der Waals surface area contributed by atoms with Gasteiger partial charge in [-0.3, -0.25) is 4.90 Å². The molecule has 3 heterocycles. The van der Waals surface area contributed by atoms with E-state index in [9.17, 15) is 0 Å². The normalized spacial score (nSPS) is 25.3. The van der Waals surface area contributed by atoms with Gasteiger partial charge in [-0.05, 0) is 50.0 Å². The first-order chi connectivity index (χ1) is 10.8. The van der Waals surface area contributed by atoms with Crippen molar-refractivity contribution in [1.82, 2.24) is 20.4 Å². The minimum atomic E-state index is 0.661. The molecule has 6 heteroatoms. The molecule has 2 aliphatic heterocycles. The minimum absolute atomic E-state index is 0.661. The molecule has 2 saturated heterocycles. The molecule has 2 atom stereocenters. The van der Waals surface area contributed by atoms with E-state index in [1.165, 1.54) is 13.0 Å². The average molecular weight is 363 g/mol. The first-order valence-electron chi connectivity index (χ1n) is 7.79. The molecule has 2 aromatic rings. The lowest BCUT2D eigenvalue weighted by atomic mass is 9.89. The van der Waals surface area contributed by atoms with Crippen LogP contribution >= 0.6 is 15.9 Å². The van der Waals surface area contributed by atoms with Crippen LogP contribution in [0.15, 0.2) is 33.3 Å². The molecule has 0 saturated carbocycles. The summed E-state index contributed by atoms with van der Waals surface area (Å²) in [7, 11) is 0. The van der Waals surface area contributed by atoms with Crippen molar-refractivity contribution < 1.29 is 4.52 Å². The molecule has 4 rings (SSSR count). The summed E-state index contributed by atoms with van der Waals surface area (Å²) >= 11 is 3.47. The highest BCUT2D eigenvalue weighted by Crippen LogP contribution is 2.27. The summed E-state index contributed by atoms with van der Waals surface area (Å²) in [6.07, 6.45) is 1.27. The molecule has 5 nitrogen and oxygen atoms in total. The summed E-state index contributed by atoms with van der Waals surface area (Å²) in [6.45, 7) is 5.34. The van der Waals surface area contributed by atoms with E-state index >= 15 is 0 Å². The van der Waals surface area contributed by atoms with Gasteiger partial charge in [0.1, 0.15) is 0 Å². The molecule has 116 valence electrons. The molecule has 0 amide bonds. The lowest BCUT2D eigenvalue weighted by Crippen LogP contribution is -2.39. The smallest absolute Gasteiger partial charge is 0.241 e. The second-order valence-electron chi connectivity index (χ2n) is 6.22. The van der Waals surface area contributed by atoms with Gasteiger partial charge in [-0.25, -0.2) is 0 Å². The van der Waals surface area contributed by atoms with Crippen molar-refractivity contribution in [2.75, 3.05) is 26.2 Å². The van der Waals surface area contributed by atoms with Gasteiger partial charge >= 0.3 is 0 Å². The molecule has 1 aromatic carbocycles. The van der Waals surface area contributed by atoms with E-state index in [1.54, 1.807) is 0 Å². The average Bonchev–Trinajstić information content (AvgIpc) is 3.16. The first-order valence-corrected chi connectivity index (χ1v) is 8.59. The maximum Gasteiger partial charge on any atom is 0.241 e. The van der Waals surface area contributed by atoms with Crippen LogP contribution in [0.3, 0.4) is 0 Å². The summed E-state index contributed by atoms with van der Waals surface area (Å²) in [6, 6.07) is 7.97. The van der Waals surface area contributed by atoms with Gasteiger partial charge in [0.05, 0.1) is 6.54 Å². The quantitative estimate of drug-likeness (QED) is 0.908. The third-order valence-corrected chi connectivity index (χ3v) is 5.19. The molecular weight excluding hydrogens is 344 g/mol. The molecule has 22 heavy (non-hydrogen) atoms. The summed E-state index contributed by atoms with van der Waals surface area (Å²) in [5.74, 6) is 3.01. The first kappa shape index (κ1) is 14.4. The van der Waals surface area contributed by atoms with Crippen LogP contribution in [0.2, 0.25) is 0 Å². The number of halogens is 1. The predicted molar refractivity (Wildman–Crippen MR) is 87.2 cm³/mol. The number of rotatable bonds is 3. The van der Waals surface area contributed by atoms with E-state index in [1.807, 2.05) is 24.3 Å². The Morgan fingerprint density at radius 1 is 1.32 bits per heavy atom. The van der Waals surface area contributed by atoms with Crippen molar-refractivity contribution in [1.29, 1.82) is 0 Å². The van der Waals surface area contributed by atoms with Crippen LogP contribution in [0.25, 0.3) is 11.4 Å². The maximum atomic E-state index is 5.44. The highest BCUT2D eigenvalue weighted by molar-refractivity contribution is 9.10. The number of piperidine rings is 1. The number of nitrogens with one attached hydrogen (secondary N) is 1. The Morgan fingerprint density at radius 3 is 3.14 bits per heavy atom. The Kier molecular flexibility index (Phi) is 3.98. The standard InChI is InChI=1S/C16H19BrN4O/c17-14-3-1-2-11(6-14)16-19-15(22-20-16)10-21-5-4-12-7-18-8-13(12)9-21/h1-3,6,12-13,18H,4-5,7-10H2. The van der Waals surface area contributed by atoms with Crippen molar-refractivity contribution in [3.8, 4) is 11.4 Å². The van der Waals surface area contributed by atoms with Crippen LogP contribution in [-0.2, 0) is 6.54 Å². The summed E-state index contributed by atoms with van der Waals surface area (Å²) < 4.78 is 6.46. The summed E-state index contributed by atoms with van der Waals surface area (Å²) in [5, 5.41) is 7.61. The van der Waals surface area contributed by atoms with Gasteiger partial charge in [0.25, 0.3) is 0 Å². The third-order valence-electron chi connectivity index (χ3n) is 4.70. The van der Waals surface area contributed by atoms with Gasteiger partial charge in [-0.15, -0.1) is 0 Å². The molecule has 0 bridgehead atoms. The van der Waals surface area contributed by atoms with Gasteiger partial charge in [0.2, 0.25) is 11.7 Å². The number of hydrogen-bond acceptors (Lipinski definition) is 5. The Bertz CT molecular complexity index is 659. The van der Waals surface area contributed by atoms with Gasteiger partial charge in [0.15, 0.2) is 0 Å². The van der Waals surface area contributed by atoms with E-state index in [0.717, 1.165) is 48.1 Å². The molecule has 2 aliphatic rings. The van der Waals surface area contributed by atoms with E-state index in [4.69, 9.17) is 4.52 Å². The van der Waals surface area contributed by atoms with E-state index in [0.29, 0.717) is 11.7 Å². The molecule has 1 aromatic heterocycles. The van der Waals surface area contributed by atoms with Gasteiger partial charge < -0.3 is 9.84 Å². The Balaban J connectivity index is 1.44. The van der Waals surface area contributed by atoms with E-state index in [2.05, 4.69) is 36.3 Å². The SMILES string of the molecule is Brc1cccc(-c2noc(CN3CCC4CNCC4C3)n2)c1. The highest BCUT2D eigenvalue weighted by Gasteiger charge is 2.33. The molecular formula is C16H19BrN4O. The van der Waals surface area contributed by atoms with Crippen LogP contribution in [0.5, 0.6) is 0 Å². The van der Waals surface area contributed by atoms with E-state index in [-0.39, 0.29) is 0 Å². The number of nitrogens with zero attached hydrogens (tertiary/aromatic N) is 3. The van der Waals surface area contributed by atoms with Crippen LogP contribution in [-0.4, -0.2) is 41.2 Å². The number of benzene rings is 1. The zero-order valence-electron chi connectivity index (χ0n) is 12.3. The highest BCUT2D eigenvalue weighted by atomic mass is 79.9. The minimum Gasteiger partial charge on any atom is -0.338 e. The molecule has 0 radical (unpaired) electrons. The lowest BCUT2D eigenvalue weighted by Gasteiger charge is -2.33. The number of fused-ring (bicyclic) bond motifs is 1. The van der Waals surface area contributed by atoms with Crippen molar-refractivity contribution in [3.05, 3.63) is 34.6 Å². The van der Waals surface area contributed by atoms with Crippen LogP contribution in [0.1, 0.15) is 12.3 Å². The van der Waals surface area contributed by atoms with Gasteiger partial charge in [-0.1, -0.05) is 33.2 Å². The van der Waals surface area contributed by atoms with Crippen LogP contribution in [0, 0.1) is 11.8 Å². The zero-order valence-corrected chi connectivity index (χ0v) is 13.9. The fourth-order valence-electron chi connectivity index (χ4n) is 3.51. The largest absolute Gasteiger partial charge is 0.338 e. The van der Waals surface area contributed by atoms with Crippen LogP contribution in [0.4, 0.5) is 0 Å².